The van der Waals surface area contributed by atoms with Crippen LogP contribution in [0.15, 0.2) is 24.3 Å². The molecule has 0 aliphatic carbocycles. The van der Waals surface area contributed by atoms with Crippen LogP contribution in [0.3, 0.4) is 0 Å². The van der Waals surface area contributed by atoms with Crippen LogP contribution in [0.2, 0.25) is 0 Å². The van der Waals surface area contributed by atoms with Gasteiger partial charge in [-0.25, -0.2) is 0 Å². The fourth-order valence-electron chi connectivity index (χ4n) is 2.25. The molecule has 4 heteroatoms. The Morgan fingerprint density at radius 3 is 2.67 bits per heavy atom. The average Bonchev–Trinajstić information content (AvgIpc) is 2.73. The molecule has 98 valence electrons. The van der Waals surface area contributed by atoms with E-state index in [0.717, 1.165) is 24.3 Å². The number of rotatable bonds is 5. The van der Waals surface area contributed by atoms with Gasteiger partial charge < -0.3 is 9.64 Å². The van der Waals surface area contributed by atoms with Gasteiger partial charge in [0.25, 0.3) is 0 Å². The van der Waals surface area contributed by atoms with Gasteiger partial charge in [0.15, 0.2) is 0 Å². The zero-order chi connectivity index (χ0) is 13.0. The second-order valence-electron chi connectivity index (χ2n) is 4.37. The molecule has 18 heavy (non-hydrogen) atoms. The van der Waals surface area contributed by atoms with Crippen LogP contribution in [-0.2, 0) is 4.79 Å². The van der Waals surface area contributed by atoms with Gasteiger partial charge in [-0.1, -0.05) is 19.1 Å². The highest BCUT2D eigenvalue weighted by Gasteiger charge is 2.30. The van der Waals surface area contributed by atoms with Crippen LogP contribution < -0.4 is 10.1 Å². The first-order chi connectivity index (χ1) is 8.76. The molecule has 1 aliphatic rings. The summed E-state index contributed by atoms with van der Waals surface area (Å²) in [5.41, 5.74) is 1.11. The molecule has 4 nitrogen and oxygen atoms in total. The molecule has 0 spiro atoms. The molecule has 0 aromatic heterocycles. The number of nitrogens with one attached hydrogen (secondary N) is 1. The lowest BCUT2D eigenvalue weighted by atomic mass is 10.1. The number of carbonyl (C=O) groups excluding carboxylic acids is 1. The normalized spacial score (nSPS) is 19.3. The van der Waals surface area contributed by atoms with Crippen molar-refractivity contribution in [2.75, 3.05) is 19.7 Å². The summed E-state index contributed by atoms with van der Waals surface area (Å²) in [7, 11) is 0. The van der Waals surface area contributed by atoms with Crippen LogP contribution in [0.4, 0.5) is 0 Å². The number of amides is 1. The number of benzene rings is 1. The van der Waals surface area contributed by atoms with Gasteiger partial charge in [-0.05, 0) is 31.0 Å². The van der Waals surface area contributed by atoms with Gasteiger partial charge in [0.1, 0.15) is 11.9 Å². The third-order valence-electron chi connectivity index (χ3n) is 3.05. The van der Waals surface area contributed by atoms with Crippen LogP contribution in [0.5, 0.6) is 5.75 Å². The van der Waals surface area contributed by atoms with Gasteiger partial charge in [0.05, 0.1) is 13.2 Å². The molecule has 1 aromatic carbocycles. The number of ether oxygens (including phenoxy) is 1. The van der Waals surface area contributed by atoms with Gasteiger partial charge in [0, 0.05) is 6.54 Å². The number of hydrogen-bond donors (Lipinski definition) is 1. The molecule has 1 saturated heterocycles. The van der Waals surface area contributed by atoms with E-state index in [0.29, 0.717) is 13.2 Å². The highest BCUT2D eigenvalue weighted by atomic mass is 16.5. The molecular weight excluding hydrogens is 228 g/mol. The fraction of sp³-hybridized carbons (Fsp3) is 0.500. The topological polar surface area (TPSA) is 41.6 Å². The van der Waals surface area contributed by atoms with E-state index in [9.17, 15) is 4.79 Å². The Labute approximate surface area is 108 Å². The van der Waals surface area contributed by atoms with Gasteiger partial charge >= 0.3 is 0 Å². The summed E-state index contributed by atoms with van der Waals surface area (Å²) in [5.74, 6) is 1.04. The minimum atomic E-state index is 0.00752. The molecule has 2 rings (SSSR count). The molecule has 1 atom stereocenters. The third-order valence-corrected chi connectivity index (χ3v) is 3.05. The van der Waals surface area contributed by atoms with Crippen molar-refractivity contribution < 1.29 is 9.53 Å². The van der Waals surface area contributed by atoms with Crippen molar-refractivity contribution in [3.8, 4) is 5.75 Å². The molecule has 0 bridgehead atoms. The first-order valence-corrected chi connectivity index (χ1v) is 6.51. The Hall–Kier alpha value is -1.55. The lowest BCUT2D eigenvalue weighted by molar-refractivity contribution is -0.128. The maximum Gasteiger partial charge on any atom is 0.238 e. The first kappa shape index (κ1) is 12.9. The van der Waals surface area contributed by atoms with Crippen molar-refractivity contribution in [1.82, 2.24) is 10.2 Å². The van der Waals surface area contributed by atoms with Crippen LogP contribution >= 0.6 is 0 Å². The maximum absolute atomic E-state index is 11.8. The standard InChI is InChI=1S/C14H20N2O2/c1-3-9-16-13(17)10-15-14(16)11-5-7-12(8-6-11)18-4-2/h5-8,14-15H,3-4,9-10H2,1-2H3. The Morgan fingerprint density at radius 2 is 2.06 bits per heavy atom. The zero-order valence-electron chi connectivity index (χ0n) is 11.0. The van der Waals surface area contributed by atoms with Crippen LogP contribution in [-0.4, -0.2) is 30.5 Å². The Balaban J connectivity index is 2.12. The highest BCUT2D eigenvalue weighted by Crippen LogP contribution is 2.24. The Bertz CT molecular complexity index is 403. The van der Waals surface area contributed by atoms with Crippen LogP contribution in [0.1, 0.15) is 32.0 Å². The van der Waals surface area contributed by atoms with Gasteiger partial charge in [-0.3, -0.25) is 10.1 Å². The third kappa shape index (κ3) is 2.64. The number of hydrogen-bond acceptors (Lipinski definition) is 3. The van der Waals surface area contributed by atoms with Gasteiger partial charge in [-0.2, -0.15) is 0 Å². The van der Waals surface area contributed by atoms with Gasteiger partial charge in [0.2, 0.25) is 5.91 Å². The van der Waals surface area contributed by atoms with E-state index in [-0.39, 0.29) is 12.1 Å². The van der Waals surface area contributed by atoms with E-state index >= 15 is 0 Å². The van der Waals surface area contributed by atoms with E-state index in [1.807, 2.05) is 36.1 Å². The van der Waals surface area contributed by atoms with Crippen LogP contribution in [0, 0.1) is 0 Å². The summed E-state index contributed by atoms with van der Waals surface area (Å²) in [4.78, 5) is 13.7. The largest absolute Gasteiger partial charge is 0.494 e. The predicted octanol–water partition coefficient (Wildman–Crippen LogP) is 1.93. The van der Waals surface area contributed by atoms with Crippen molar-refractivity contribution in [2.24, 2.45) is 0 Å². The van der Waals surface area contributed by atoms with Crippen molar-refractivity contribution in [1.29, 1.82) is 0 Å². The SMILES string of the molecule is CCCN1C(=O)CNC1c1ccc(OCC)cc1. The highest BCUT2D eigenvalue weighted by molar-refractivity contribution is 5.80. The monoisotopic (exact) mass is 248 g/mol. The molecule has 1 fully saturated rings. The van der Waals surface area contributed by atoms with E-state index < -0.39 is 0 Å². The summed E-state index contributed by atoms with van der Waals surface area (Å²) in [6, 6.07) is 7.94. The van der Waals surface area contributed by atoms with E-state index in [2.05, 4.69) is 12.2 Å². The molecule has 0 radical (unpaired) electrons. The number of carbonyl (C=O) groups is 1. The maximum atomic E-state index is 11.8. The Morgan fingerprint density at radius 1 is 1.33 bits per heavy atom. The first-order valence-electron chi connectivity index (χ1n) is 6.51. The quantitative estimate of drug-likeness (QED) is 0.865. The van der Waals surface area contributed by atoms with Crippen LogP contribution in [0.25, 0.3) is 0 Å². The van der Waals surface area contributed by atoms with Crippen molar-refractivity contribution in [2.45, 2.75) is 26.4 Å². The fourth-order valence-corrected chi connectivity index (χ4v) is 2.25. The lowest BCUT2D eigenvalue weighted by Gasteiger charge is -2.24. The van der Waals surface area contributed by atoms with Crippen molar-refractivity contribution in [3.05, 3.63) is 29.8 Å². The molecule has 1 N–H and O–H groups in total. The summed E-state index contributed by atoms with van der Waals surface area (Å²) in [6.07, 6.45) is 0.981. The predicted molar refractivity (Wildman–Crippen MR) is 70.4 cm³/mol. The van der Waals surface area contributed by atoms with Crippen molar-refractivity contribution >= 4 is 5.91 Å². The summed E-state index contributed by atoms with van der Waals surface area (Å²) < 4.78 is 5.42. The van der Waals surface area contributed by atoms with E-state index in [4.69, 9.17) is 4.74 Å². The Kier molecular flexibility index (Phi) is 4.20. The lowest BCUT2D eigenvalue weighted by Crippen LogP contribution is -2.30. The summed E-state index contributed by atoms with van der Waals surface area (Å²) in [6.45, 7) is 5.94. The van der Waals surface area contributed by atoms with E-state index in [1.54, 1.807) is 0 Å². The number of nitrogens with zero attached hydrogens (tertiary/aromatic N) is 1. The molecule has 1 heterocycles. The second kappa shape index (κ2) is 5.87. The van der Waals surface area contributed by atoms with Crippen molar-refractivity contribution in [3.63, 3.8) is 0 Å². The molecule has 1 amide bonds. The smallest absolute Gasteiger partial charge is 0.238 e. The molecule has 1 aromatic rings. The van der Waals surface area contributed by atoms with E-state index in [1.165, 1.54) is 0 Å². The molecule has 0 saturated carbocycles. The molecule has 1 aliphatic heterocycles. The summed E-state index contributed by atoms with van der Waals surface area (Å²) >= 11 is 0. The summed E-state index contributed by atoms with van der Waals surface area (Å²) in [5, 5.41) is 3.24. The second-order valence-corrected chi connectivity index (χ2v) is 4.37. The molecule has 1 unspecified atom stereocenters. The zero-order valence-corrected chi connectivity index (χ0v) is 11.0. The average molecular weight is 248 g/mol. The minimum Gasteiger partial charge on any atom is -0.494 e. The minimum absolute atomic E-state index is 0.00752. The van der Waals surface area contributed by atoms with Gasteiger partial charge in [-0.15, -0.1) is 0 Å². The molecular formula is C14H20N2O2.